The molecule has 1 aromatic heterocycles. The van der Waals surface area contributed by atoms with Gasteiger partial charge in [0.05, 0.1) is 11.7 Å². The maximum absolute atomic E-state index is 12.4. The maximum Gasteiger partial charge on any atom is 0.255 e. The van der Waals surface area contributed by atoms with Crippen LogP contribution >= 0.6 is 0 Å². The van der Waals surface area contributed by atoms with Gasteiger partial charge in [-0.1, -0.05) is 25.1 Å². The van der Waals surface area contributed by atoms with Crippen LogP contribution in [0.15, 0.2) is 60.8 Å². The Morgan fingerprint density at radius 1 is 1.16 bits per heavy atom. The summed E-state index contributed by atoms with van der Waals surface area (Å²) in [4.78, 5) is 16.8. The molecule has 0 saturated heterocycles. The average molecular weight is 336 g/mol. The van der Waals surface area contributed by atoms with Gasteiger partial charge in [-0.25, -0.2) is 0 Å². The maximum atomic E-state index is 12.4. The first-order valence-electron chi connectivity index (χ1n) is 8.15. The molecule has 2 aromatic carbocycles. The fourth-order valence-corrected chi connectivity index (χ4v) is 2.49. The molecule has 1 heterocycles. The fourth-order valence-electron chi connectivity index (χ4n) is 2.49. The van der Waals surface area contributed by atoms with Crippen LogP contribution < -0.4 is 10.1 Å². The standard InChI is InChI=1S/C20H20N2O3/c1-3-19(24-2)25-17-12-15-11-14(9-10-18(15)21-13-17)20(23)22-16-7-5-4-6-8-16/h4-13,19H,3H2,1-2H3,(H,22,23). The molecule has 0 saturated carbocycles. The monoisotopic (exact) mass is 336 g/mol. The van der Waals surface area contributed by atoms with Crippen molar-refractivity contribution in [3.8, 4) is 5.75 Å². The molecule has 128 valence electrons. The second-order valence-electron chi connectivity index (χ2n) is 5.59. The first kappa shape index (κ1) is 16.9. The number of nitrogens with zero attached hydrogens (tertiary/aromatic N) is 1. The van der Waals surface area contributed by atoms with Crippen LogP contribution in [-0.2, 0) is 4.74 Å². The highest BCUT2D eigenvalue weighted by Crippen LogP contribution is 2.22. The minimum Gasteiger partial charge on any atom is -0.463 e. The van der Waals surface area contributed by atoms with Gasteiger partial charge in [0.15, 0.2) is 6.29 Å². The number of benzene rings is 2. The number of carbonyl (C=O) groups excluding carboxylic acids is 1. The molecule has 1 unspecified atom stereocenters. The number of hydrogen-bond acceptors (Lipinski definition) is 4. The number of methoxy groups -OCH3 is 1. The Morgan fingerprint density at radius 2 is 1.96 bits per heavy atom. The number of para-hydroxylation sites is 1. The van der Waals surface area contributed by atoms with Crippen LogP contribution in [0, 0.1) is 0 Å². The van der Waals surface area contributed by atoms with Gasteiger partial charge in [0.2, 0.25) is 0 Å². The van der Waals surface area contributed by atoms with E-state index in [0.717, 1.165) is 23.0 Å². The third-order valence-electron chi connectivity index (χ3n) is 3.81. The quantitative estimate of drug-likeness (QED) is 0.684. The fraction of sp³-hybridized carbons (Fsp3) is 0.200. The highest BCUT2D eigenvalue weighted by Gasteiger charge is 2.10. The van der Waals surface area contributed by atoms with E-state index in [0.29, 0.717) is 11.3 Å². The molecule has 1 amide bonds. The summed E-state index contributed by atoms with van der Waals surface area (Å²) >= 11 is 0. The first-order valence-corrected chi connectivity index (χ1v) is 8.15. The zero-order valence-electron chi connectivity index (χ0n) is 14.2. The van der Waals surface area contributed by atoms with Crippen molar-refractivity contribution in [1.29, 1.82) is 0 Å². The number of nitrogens with one attached hydrogen (secondary N) is 1. The van der Waals surface area contributed by atoms with Crippen molar-refractivity contribution in [1.82, 2.24) is 4.98 Å². The van der Waals surface area contributed by atoms with E-state index in [1.54, 1.807) is 25.4 Å². The second-order valence-corrected chi connectivity index (χ2v) is 5.59. The molecule has 0 radical (unpaired) electrons. The molecule has 3 aromatic rings. The van der Waals surface area contributed by atoms with Gasteiger partial charge >= 0.3 is 0 Å². The second kappa shape index (κ2) is 7.77. The Hall–Kier alpha value is -2.92. The predicted molar refractivity (Wildman–Crippen MR) is 97.9 cm³/mol. The Morgan fingerprint density at radius 3 is 2.68 bits per heavy atom. The number of pyridine rings is 1. The summed E-state index contributed by atoms with van der Waals surface area (Å²) < 4.78 is 11.0. The summed E-state index contributed by atoms with van der Waals surface area (Å²) in [5.41, 5.74) is 2.12. The molecule has 1 N–H and O–H groups in total. The van der Waals surface area contributed by atoms with Gasteiger partial charge < -0.3 is 14.8 Å². The number of amides is 1. The lowest BCUT2D eigenvalue weighted by molar-refractivity contribution is -0.0549. The molecule has 0 bridgehead atoms. The van der Waals surface area contributed by atoms with E-state index < -0.39 is 0 Å². The summed E-state index contributed by atoms with van der Waals surface area (Å²) in [5.74, 6) is 0.449. The highest BCUT2D eigenvalue weighted by atomic mass is 16.7. The van der Waals surface area contributed by atoms with Crippen molar-refractivity contribution < 1.29 is 14.3 Å². The minimum atomic E-state index is -0.316. The number of aromatic nitrogens is 1. The van der Waals surface area contributed by atoms with E-state index in [4.69, 9.17) is 9.47 Å². The predicted octanol–water partition coefficient (Wildman–Crippen LogP) is 4.25. The number of hydrogen-bond donors (Lipinski definition) is 1. The van der Waals surface area contributed by atoms with E-state index in [2.05, 4.69) is 10.3 Å². The largest absolute Gasteiger partial charge is 0.463 e. The summed E-state index contributed by atoms with van der Waals surface area (Å²) in [6.07, 6.45) is 2.07. The topological polar surface area (TPSA) is 60.5 Å². The summed E-state index contributed by atoms with van der Waals surface area (Å²) in [7, 11) is 1.61. The molecule has 0 aliphatic carbocycles. The Labute approximate surface area is 146 Å². The van der Waals surface area contributed by atoms with Crippen molar-refractivity contribution in [3.63, 3.8) is 0 Å². The number of rotatable bonds is 6. The van der Waals surface area contributed by atoms with E-state index in [-0.39, 0.29) is 12.2 Å². The smallest absolute Gasteiger partial charge is 0.255 e. The van der Waals surface area contributed by atoms with Crippen molar-refractivity contribution >= 4 is 22.5 Å². The third kappa shape index (κ3) is 4.14. The lowest BCUT2D eigenvalue weighted by Crippen LogP contribution is -2.17. The van der Waals surface area contributed by atoms with Crippen molar-refractivity contribution in [2.45, 2.75) is 19.6 Å². The lowest BCUT2D eigenvalue weighted by atomic mass is 10.1. The zero-order chi connectivity index (χ0) is 17.6. The molecule has 1 atom stereocenters. The van der Waals surface area contributed by atoms with Crippen molar-refractivity contribution in [2.24, 2.45) is 0 Å². The molecule has 0 aliphatic rings. The van der Waals surface area contributed by atoms with Crippen LogP contribution in [0.2, 0.25) is 0 Å². The SMILES string of the molecule is CCC(OC)Oc1cnc2ccc(C(=O)Nc3ccccc3)cc2c1. The van der Waals surface area contributed by atoms with E-state index in [1.807, 2.05) is 49.4 Å². The lowest BCUT2D eigenvalue weighted by Gasteiger charge is -2.15. The Bertz CT molecular complexity index is 861. The Balaban J connectivity index is 1.83. The molecule has 5 heteroatoms. The summed E-state index contributed by atoms with van der Waals surface area (Å²) in [6, 6.07) is 16.6. The Kier molecular flexibility index (Phi) is 5.26. The zero-order valence-corrected chi connectivity index (χ0v) is 14.2. The van der Waals surface area contributed by atoms with Crippen molar-refractivity contribution in [3.05, 3.63) is 66.4 Å². The van der Waals surface area contributed by atoms with Crippen LogP contribution in [0.3, 0.4) is 0 Å². The number of carbonyl (C=O) groups is 1. The van der Waals surface area contributed by atoms with Gasteiger partial charge in [0, 0.05) is 30.2 Å². The summed E-state index contributed by atoms with van der Waals surface area (Å²) in [5, 5.41) is 3.71. The molecule has 5 nitrogen and oxygen atoms in total. The first-order chi connectivity index (χ1) is 12.2. The number of anilines is 1. The third-order valence-corrected chi connectivity index (χ3v) is 3.81. The molecule has 0 fully saturated rings. The van der Waals surface area contributed by atoms with Gasteiger partial charge in [0.25, 0.3) is 5.91 Å². The average Bonchev–Trinajstić information content (AvgIpc) is 2.66. The molecule has 0 spiro atoms. The molecular formula is C20H20N2O3. The van der Waals surface area contributed by atoms with E-state index in [1.165, 1.54) is 0 Å². The van der Waals surface area contributed by atoms with Gasteiger partial charge in [-0.05, 0) is 36.4 Å². The normalized spacial score (nSPS) is 11.9. The number of fused-ring (bicyclic) bond motifs is 1. The van der Waals surface area contributed by atoms with Gasteiger partial charge in [-0.15, -0.1) is 0 Å². The van der Waals surface area contributed by atoms with Crippen LogP contribution in [-0.4, -0.2) is 24.3 Å². The van der Waals surface area contributed by atoms with E-state index in [9.17, 15) is 4.79 Å². The molecule has 3 rings (SSSR count). The van der Waals surface area contributed by atoms with Gasteiger partial charge in [0.1, 0.15) is 5.75 Å². The van der Waals surface area contributed by atoms with Gasteiger partial charge in [-0.3, -0.25) is 9.78 Å². The van der Waals surface area contributed by atoms with Crippen LogP contribution in [0.25, 0.3) is 10.9 Å². The van der Waals surface area contributed by atoms with Crippen LogP contribution in [0.5, 0.6) is 5.75 Å². The van der Waals surface area contributed by atoms with Crippen LogP contribution in [0.1, 0.15) is 23.7 Å². The molecule has 0 aliphatic heterocycles. The number of ether oxygens (including phenoxy) is 2. The highest BCUT2D eigenvalue weighted by molar-refractivity contribution is 6.06. The van der Waals surface area contributed by atoms with E-state index >= 15 is 0 Å². The summed E-state index contributed by atoms with van der Waals surface area (Å²) in [6.45, 7) is 1.98. The van der Waals surface area contributed by atoms with Gasteiger partial charge in [-0.2, -0.15) is 0 Å². The van der Waals surface area contributed by atoms with Crippen molar-refractivity contribution in [2.75, 3.05) is 12.4 Å². The molecule has 25 heavy (non-hydrogen) atoms. The molecular weight excluding hydrogens is 316 g/mol. The minimum absolute atomic E-state index is 0.164. The van der Waals surface area contributed by atoms with Crippen LogP contribution in [0.4, 0.5) is 5.69 Å².